The van der Waals surface area contributed by atoms with Crippen LogP contribution < -0.4 is 11.3 Å². The van der Waals surface area contributed by atoms with Gasteiger partial charge in [0.2, 0.25) is 0 Å². The maximum atomic E-state index is 11.3. The number of aryl methyl sites for hydroxylation is 1. The number of rotatable bonds is 3. The molecular weight excluding hydrogens is 200 g/mol. The zero-order valence-electron chi connectivity index (χ0n) is 8.07. The van der Waals surface area contributed by atoms with Crippen molar-refractivity contribution >= 4 is 11.9 Å². The summed E-state index contributed by atoms with van der Waals surface area (Å²) >= 11 is 0. The molecule has 0 aromatic carbocycles. The largest absolute Gasteiger partial charge is 0.452 e. The standard InChI is InChI=1S/C9H10N2O4/c1-5-2-3-11-8(13)7(5)9(14)15-4-6(10)12/h2-3H,4H2,1H3,(H2,10,12)(H,11,13). The maximum absolute atomic E-state index is 11.3. The number of esters is 1. The highest BCUT2D eigenvalue weighted by Crippen LogP contribution is 2.01. The molecule has 1 amide bonds. The highest BCUT2D eigenvalue weighted by Gasteiger charge is 2.15. The number of aromatic amines is 1. The van der Waals surface area contributed by atoms with Crippen molar-refractivity contribution < 1.29 is 14.3 Å². The first-order valence-electron chi connectivity index (χ1n) is 4.16. The number of nitrogens with two attached hydrogens (primary N) is 1. The van der Waals surface area contributed by atoms with E-state index >= 15 is 0 Å². The Hall–Kier alpha value is -2.11. The van der Waals surface area contributed by atoms with E-state index in [-0.39, 0.29) is 5.56 Å². The Morgan fingerprint density at radius 1 is 1.53 bits per heavy atom. The molecule has 1 aromatic rings. The molecule has 0 radical (unpaired) electrons. The van der Waals surface area contributed by atoms with Crippen molar-refractivity contribution in [2.45, 2.75) is 6.92 Å². The molecule has 0 aliphatic heterocycles. The van der Waals surface area contributed by atoms with Crippen molar-refractivity contribution in [1.82, 2.24) is 4.98 Å². The number of amides is 1. The van der Waals surface area contributed by atoms with Crippen LogP contribution in [0.5, 0.6) is 0 Å². The minimum Gasteiger partial charge on any atom is -0.452 e. The van der Waals surface area contributed by atoms with Crippen LogP contribution in [0.2, 0.25) is 0 Å². The van der Waals surface area contributed by atoms with Gasteiger partial charge in [0.25, 0.3) is 11.5 Å². The number of nitrogens with one attached hydrogen (secondary N) is 1. The van der Waals surface area contributed by atoms with Crippen molar-refractivity contribution in [2.24, 2.45) is 5.73 Å². The van der Waals surface area contributed by atoms with Gasteiger partial charge in [0.05, 0.1) is 0 Å². The zero-order chi connectivity index (χ0) is 11.4. The molecule has 0 bridgehead atoms. The fourth-order valence-electron chi connectivity index (χ4n) is 1.04. The van der Waals surface area contributed by atoms with Crippen LogP contribution in [0.25, 0.3) is 0 Å². The van der Waals surface area contributed by atoms with Gasteiger partial charge in [-0.15, -0.1) is 0 Å². The van der Waals surface area contributed by atoms with Crippen LogP contribution in [0.1, 0.15) is 15.9 Å². The summed E-state index contributed by atoms with van der Waals surface area (Å²) in [5.74, 6) is -1.62. The van der Waals surface area contributed by atoms with Gasteiger partial charge in [-0.25, -0.2) is 4.79 Å². The summed E-state index contributed by atoms with van der Waals surface area (Å²) < 4.78 is 4.52. The summed E-state index contributed by atoms with van der Waals surface area (Å²) in [6.07, 6.45) is 1.42. The van der Waals surface area contributed by atoms with Gasteiger partial charge in [0, 0.05) is 6.20 Å². The third-order valence-corrected chi connectivity index (χ3v) is 1.72. The first-order chi connectivity index (χ1) is 7.02. The van der Waals surface area contributed by atoms with Gasteiger partial charge in [0.1, 0.15) is 5.56 Å². The van der Waals surface area contributed by atoms with E-state index in [0.29, 0.717) is 5.56 Å². The predicted octanol–water partition coefficient (Wildman–Crippen LogP) is -0.675. The van der Waals surface area contributed by atoms with Crippen LogP contribution >= 0.6 is 0 Å². The molecule has 0 atom stereocenters. The van der Waals surface area contributed by atoms with Crippen molar-refractivity contribution in [3.8, 4) is 0 Å². The molecule has 6 heteroatoms. The van der Waals surface area contributed by atoms with Gasteiger partial charge in [0.15, 0.2) is 6.61 Å². The van der Waals surface area contributed by atoms with Crippen LogP contribution in [-0.2, 0) is 9.53 Å². The van der Waals surface area contributed by atoms with E-state index in [2.05, 4.69) is 9.72 Å². The zero-order valence-corrected chi connectivity index (χ0v) is 8.07. The minimum absolute atomic E-state index is 0.112. The molecule has 1 heterocycles. The first-order valence-corrected chi connectivity index (χ1v) is 4.16. The first kappa shape index (κ1) is 11.0. The maximum Gasteiger partial charge on any atom is 0.344 e. The summed E-state index contributed by atoms with van der Waals surface area (Å²) in [7, 11) is 0. The minimum atomic E-state index is -0.854. The van der Waals surface area contributed by atoms with Crippen LogP contribution in [0.3, 0.4) is 0 Å². The molecule has 0 aliphatic carbocycles. The molecule has 1 aromatic heterocycles. The fourth-order valence-corrected chi connectivity index (χ4v) is 1.04. The van der Waals surface area contributed by atoms with Crippen LogP contribution in [0, 0.1) is 6.92 Å². The number of carbonyl (C=O) groups excluding carboxylic acids is 2. The van der Waals surface area contributed by atoms with E-state index in [1.165, 1.54) is 6.20 Å². The lowest BCUT2D eigenvalue weighted by atomic mass is 10.1. The number of hydrogen-bond acceptors (Lipinski definition) is 4. The van der Waals surface area contributed by atoms with Gasteiger partial charge in [-0.2, -0.15) is 0 Å². The SMILES string of the molecule is Cc1cc[nH]c(=O)c1C(=O)OCC(N)=O. The lowest BCUT2D eigenvalue weighted by Gasteiger charge is -2.03. The monoisotopic (exact) mass is 210 g/mol. The quantitative estimate of drug-likeness (QED) is 0.645. The molecule has 6 nitrogen and oxygen atoms in total. The molecular formula is C9H10N2O4. The number of ether oxygens (including phenoxy) is 1. The number of carbonyl (C=O) groups is 2. The number of pyridine rings is 1. The number of H-pyrrole nitrogens is 1. The summed E-state index contributed by atoms with van der Waals surface area (Å²) in [4.78, 5) is 35.3. The molecule has 0 fully saturated rings. The van der Waals surface area contributed by atoms with E-state index in [9.17, 15) is 14.4 Å². The molecule has 0 aliphatic rings. The predicted molar refractivity (Wildman–Crippen MR) is 51.3 cm³/mol. The van der Waals surface area contributed by atoms with Gasteiger partial charge in [-0.05, 0) is 18.6 Å². The van der Waals surface area contributed by atoms with Gasteiger partial charge in [-0.3, -0.25) is 9.59 Å². The Morgan fingerprint density at radius 3 is 2.73 bits per heavy atom. The lowest BCUT2D eigenvalue weighted by molar-refractivity contribution is -0.121. The Kier molecular flexibility index (Phi) is 3.22. The molecule has 1 rings (SSSR count). The molecule has 80 valence electrons. The molecule has 15 heavy (non-hydrogen) atoms. The number of primary amides is 1. The van der Waals surface area contributed by atoms with Crippen LogP contribution in [0.4, 0.5) is 0 Å². The molecule has 3 N–H and O–H groups in total. The lowest BCUT2D eigenvalue weighted by Crippen LogP contribution is -2.25. The van der Waals surface area contributed by atoms with Crippen molar-refractivity contribution in [1.29, 1.82) is 0 Å². The van der Waals surface area contributed by atoms with Crippen LogP contribution in [0.15, 0.2) is 17.1 Å². The molecule has 0 spiro atoms. The van der Waals surface area contributed by atoms with E-state index in [4.69, 9.17) is 5.73 Å². The van der Waals surface area contributed by atoms with E-state index < -0.39 is 24.0 Å². The average Bonchev–Trinajstić information content (AvgIpc) is 2.14. The van der Waals surface area contributed by atoms with Crippen LogP contribution in [-0.4, -0.2) is 23.5 Å². The second kappa shape index (κ2) is 4.41. The van der Waals surface area contributed by atoms with Gasteiger partial charge >= 0.3 is 5.97 Å². The summed E-state index contributed by atoms with van der Waals surface area (Å²) in [5.41, 5.74) is 4.61. The molecule has 0 unspecified atom stereocenters. The van der Waals surface area contributed by atoms with E-state index in [1.807, 2.05) is 0 Å². The number of hydrogen-bond donors (Lipinski definition) is 2. The second-order valence-electron chi connectivity index (χ2n) is 2.91. The average molecular weight is 210 g/mol. The van der Waals surface area contributed by atoms with Crippen molar-refractivity contribution in [2.75, 3.05) is 6.61 Å². The molecule has 0 saturated carbocycles. The summed E-state index contributed by atoms with van der Waals surface area (Å²) in [6, 6.07) is 1.56. The van der Waals surface area contributed by atoms with Gasteiger partial charge in [-0.1, -0.05) is 0 Å². The topological polar surface area (TPSA) is 102 Å². The van der Waals surface area contributed by atoms with Crippen molar-refractivity contribution in [3.05, 3.63) is 33.7 Å². The third-order valence-electron chi connectivity index (χ3n) is 1.72. The molecule has 0 saturated heterocycles. The Morgan fingerprint density at radius 2 is 2.20 bits per heavy atom. The fraction of sp³-hybridized carbons (Fsp3) is 0.222. The normalized spacial score (nSPS) is 9.67. The number of aromatic nitrogens is 1. The van der Waals surface area contributed by atoms with E-state index in [0.717, 1.165) is 0 Å². The van der Waals surface area contributed by atoms with Crippen molar-refractivity contribution in [3.63, 3.8) is 0 Å². The Labute approximate surface area is 85.0 Å². The Bertz CT molecular complexity index is 450. The van der Waals surface area contributed by atoms with E-state index in [1.54, 1.807) is 13.0 Å². The summed E-state index contributed by atoms with van der Waals surface area (Å²) in [6.45, 7) is 1.06. The highest BCUT2D eigenvalue weighted by atomic mass is 16.5. The smallest absolute Gasteiger partial charge is 0.344 e. The third kappa shape index (κ3) is 2.67. The Balaban J connectivity index is 2.91. The highest BCUT2D eigenvalue weighted by molar-refractivity contribution is 5.92. The second-order valence-corrected chi connectivity index (χ2v) is 2.91. The van der Waals surface area contributed by atoms with Gasteiger partial charge < -0.3 is 15.5 Å². The summed E-state index contributed by atoms with van der Waals surface area (Å²) in [5, 5.41) is 0.